The number of carbonyl (C=O) groups is 1. The Bertz CT molecular complexity index is 850. The lowest BCUT2D eigenvalue weighted by Crippen LogP contribution is -2.23. The molecule has 2 heterocycles. The third kappa shape index (κ3) is 2.97. The van der Waals surface area contributed by atoms with Gasteiger partial charge in [0.2, 0.25) is 0 Å². The van der Waals surface area contributed by atoms with Gasteiger partial charge >= 0.3 is 0 Å². The molecule has 2 aromatic heterocycles. The van der Waals surface area contributed by atoms with Gasteiger partial charge in [0.25, 0.3) is 5.91 Å². The highest BCUT2D eigenvalue weighted by atomic mass is 16.1. The van der Waals surface area contributed by atoms with Gasteiger partial charge in [0.1, 0.15) is 0 Å². The van der Waals surface area contributed by atoms with Gasteiger partial charge in [-0.05, 0) is 49.6 Å². The van der Waals surface area contributed by atoms with E-state index in [9.17, 15) is 4.79 Å². The molecule has 0 saturated carbocycles. The molecule has 1 amide bonds. The lowest BCUT2D eigenvalue weighted by molar-refractivity contribution is 0.0951. The second-order valence-corrected chi connectivity index (χ2v) is 5.85. The summed E-state index contributed by atoms with van der Waals surface area (Å²) in [6, 6.07) is 7.77. The summed E-state index contributed by atoms with van der Waals surface area (Å²) >= 11 is 0. The van der Waals surface area contributed by atoms with Crippen molar-refractivity contribution in [3.63, 3.8) is 0 Å². The van der Waals surface area contributed by atoms with Crippen molar-refractivity contribution in [2.75, 3.05) is 0 Å². The summed E-state index contributed by atoms with van der Waals surface area (Å²) < 4.78 is 0. The first-order chi connectivity index (χ1) is 11.1. The van der Waals surface area contributed by atoms with E-state index in [4.69, 9.17) is 0 Å². The maximum atomic E-state index is 12.2. The van der Waals surface area contributed by atoms with Crippen LogP contribution in [0.5, 0.6) is 0 Å². The Labute approximate surface area is 136 Å². The molecule has 1 aromatic carbocycles. The molecule has 4 heteroatoms. The highest BCUT2D eigenvalue weighted by Gasteiger charge is 2.12. The largest absolute Gasteiger partial charge is 0.358 e. The number of nitrogens with zero attached hydrogens (tertiary/aromatic N) is 1. The number of pyridine rings is 1. The summed E-state index contributed by atoms with van der Waals surface area (Å²) in [5.74, 6) is -0.0824. The van der Waals surface area contributed by atoms with Crippen molar-refractivity contribution in [1.29, 1.82) is 0 Å². The van der Waals surface area contributed by atoms with E-state index in [0.717, 1.165) is 17.5 Å². The summed E-state index contributed by atoms with van der Waals surface area (Å²) in [7, 11) is 0. The van der Waals surface area contributed by atoms with Crippen LogP contribution >= 0.6 is 0 Å². The Kier molecular flexibility index (Phi) is 4.15. The van der Waals surface area contributed by atoms with Crippen LogP contribution in [0.25, 0.3) is 10.9 Å². The van der Waals surface area contributed by atoms with Crippen molar-refractivity contribution in [3.05, 3.63) is 64.6 Å². The Hall–Kier alpha value is -2.62. The average Bonchev–Trinajstić information content (AvgIpc) is 2.89. The molecule has 0 radical (unpaired) electrons. The van der Waals surface area contributed by atoms with Gasteiger partial charge < -0.3 is 10.3 Å². The van der Waals surface area contributed by atoms with Gasteiger partial charge in [-0.3, -0.25) is 9.78 Å². The minimum atomic E-state index is -0.0824. The van der Waals surface area contributed by atoms with E-state index in [1.165, 1.54) is 22.2 Å². The maximum absolute atomic E-state index is 12.2. The smallest absolute Gasteiger partial charge is 0.251 e. The molecule has 0 aliphatic rings. The average molecular weight is 307 g/mol. The van der Waals surface area contributed by atoms with Crippen LogP contribution in [0.2, 0.25) is 0 Å². The topological polar surface area (TPSA) is 57.8 Å². The summed E-state index contributed by atoms with van der Waals surface area (Å²) in [5.41, 5.74) is 6.63. The third-order valence-corrected chi connectivity index (χ3v) is 4.23. The molecule has 23 heavy (non-hydrogen) atoms. The first-order valence-electron chi connectivity index (χ1n) is 7.89. The van der Waals surface area contributed by atoms with E-state index in [0.29, 0.717) is 12.1 Å². The van der Waals surface area contributed by atoms with Crippen LogP contribution in [0.3, 0.4) is 0 Å². The molecular formula is C19H21N3O. The second kappa shape index (κ2) is 6.24. The van der Waals surface area contributed by atoms with Crippen LogP contribution in [0, 0.1) is 13.8 Å². The first-order valence-corrected chi connectivity index (χ1v) is 7.89. The Morgan fingerprint density at radius 1 is 1.22 bits per heavy atom. The minimum absolute atomic E-state index is 0.0824. The van der Waals surface area contributed by atoms with Crippen LogP contribution in [0.1, 0.15) is 39.7 Å². The molecular weight excluding hydrogens is 286 g/mol. The van der Waals surface area contributed by atoms with Gasteiger partial charge in [-0.1, -0.05) is 18.6 Å². The number of hydrogen-bond acceptors (Lipinski definition) is 2. The molecule has 0 unspecified atom stereocenters. The van der Waals surface area contributed by atoms with E-state index in [1.54, 1.807) is 24.5 Å². The Morgan fingerprint density at radius 2 is 1.96 bits per heavy atom. The number of hydrogen-bond donors (Lipinski definition) is 2. The number of carbonyl (C=O) groups excluding carboxylic acids is 1. The molecule has 0 aliphatic heterocycles. The zero-order valence-electron chi connectivity index (χ0n) is 13.7. The molecule has 2 N–H and O–H groups in total. The fraction of sp³-hybridized carbons (Fsp3) is 0.263. The van der Waals surface area contributed by atoms with E-state index < -0.39 is 0 Å². The number of nitrogens with one attached hydrogen (secondary N) is 2. The van der Waals surface area contributed by atoms with Crippen molar-refractivity contribution in [2.24, 2.45) is 0 Å². The standard InChI is InChI=1S/C19H21N3O/c1-4-17-13(3)16-10-12(2)9-15(18(16)22-17)11-21-19(23)14-5-7-20-8-6-14/h5-10,22H,4,11H2,1-3H3,(H,21,23). The van der Waals surface area contributed by atoms with Gasteiger partial charge in [0, 0.05) is 35.6 Å². The summed E-state index contributed by atoms with van der Waals surface area (Å²) in [6.45, 7) is 6.89. The number of rotatable bonds is 4. The molecule has 0 atom stereocenters. The number of aromatic nitrogens is 2. The third-order valence-electron chi connectivity index (χ3n) is 4.23. The van der Waals surface area contributed by atoms with Crippen LogP contribution in [0.15, 0.2) is 36.7 Å². The fourth-order valence-electron chi connectivity index (χ4n) is 2.99. The van der Waals surface area contributed by atoms with E-state index in [-0.39, 0.29) is 5.91 Å². The number of benzene rings is 1. The molecule has 0 aliphatic carbocycles. The zero-order chi connectivity index (χ0) is 16.4. The van der Waals surface area contributed by atoms with Crippen molar-refractivity contribution in [2.45, 2.75) is 33.7 Å². The lowest BCUT2D eigenvalue weighted by Gasteiger charge is -2.08. The van der Waals surface area contributed by atoms with Crippen LogP contribution in [-0.2, 0) is 13.0 Å². The van der Waals surface area contributed by atoms with E-state index >= 15 is 0 Å². The molecule has 0 fully saturated rings. The fourth-order valence-corrected chi connectivity index (χ4v) is 2.99. The summed E-state index contributed by atoms with van der Waals surface area (Å²) in [5, 5.41) is 4.24. The Morgan fingerprint density at radius 3 is 2.65 bits per heavy atom. The molecule has 0 bridgehead atoms. The van der Waals surface area contributed by atoms with Crippen molar-refractivity contribution >= 4 is 16.8 Å². The number of amides is 1. The molecule has 3 rings (SSSR count). The monoisotopic (exact) mass is 307 g/mol. The quantitative estimate of drug-likeness (QED) is 0.772. The van der Waals surface area contributed by atoms with Gasteiger partial charge in [0.05, 0.1) is 5.52 Å². The molecule has 0 saturated heterocycles. The molecule has 0 spiro atoms. The second-order valence-electron chi connectivity index (χ2n) is 5.85. The van der Waals surface area contributed by atoms with Gasteiger partial charge in [-0.25, -0.2) is 0 Å². The highest BCUT2D eigenvalue weighted by molar-refractivity contribution is 5.94. The molecule has 118 valence electrons. The number of aryl methyl sites for hydroxylation is 3. The normalized spacial score (nSPS) is 10.9. The molecule has 4 nitrogen and oxygen atoms in total. The maximum Gasteiger partial charge on any atom is 0.251 e. The first kappa shape index (κ1) is 15.3. The Balaban J connectivity index is 1.89. The van der Waals surface area contributed by atoms with Gasteiger partial charge in [-0.2, -0.15) is 0 Å². The molecule has 3 aromatic rings. The number of fused-ring (bicyclic) bond motifs is 1. The predicted octanol–water partition coefficient (Wildman–Crippen LogP) is 3.67. The zero-order valence-corrected chi connectivity index (χ0v) is 13.7. The van der Waals surface area contributed by atoms with E-state index in [2.05, 4.69) is 48.2 Å². The predicted molar refractivity (Wildman–Crippen MR) is 92.6 cm³/mol. The highest BCUT2D eigenvalue weighted by Crippen LogP contribution is 2.26. The van der Waals surface area contributed by atoms with Gasteiger partial charge in [-0.15, -0.1) is 0 Å². The van der Waals surface area contributed by atoms with Crippen LogP contribution < -0.4 is 5.32 Å². The van der Waals surface area contributed by atoms with E-state index in [1.807, 2.05) is 0 Å². The van der Waals surface area contributed by atoms with Crippen molar-refractivity contribution < 1.29 is 4.79 Å². The van der Waals surface area contributed by atoms with Crippen molar-refractivity contribution in [3.8, 4) is 0 Å². The lowest BCUT2D eigenvalue weighted by atomic mass is 10.0. The van der Waals surface area contributed by atoms with Crippen molar-refractivity contribution in [1.82, 2.24) is 15.3 Å². The summed E-state index contributed by atoms with van der Waals surface area (Å²) in [6.07, 6.45) is 4.23. The number of aromatic amines is 1. The van der Waals surface area contributed by atoms with Gasteiger partial charge in [0.15, 0.2) is 0 Å². The summed E-state index contributed by atoms with van der Waals surface area (Å²) in [4.78, 5) is 19.7. The van der Waals surface area contributed by atoms with Crippen LogP contribution in [0.4, 0.5) is 0 Å². The number of H-pyrrole nitrogens is 1. The van der Waals surface area contributed by atoms with Crippen LogP contribution in [-0.4, -0.2) is 15.9 Å². The SMILES string of the molecule is CCc1[nH]c2c(CNC(=O)c3ccncc3)cc(C)cc2c1C. The minimum Gasteiger partial charge on any atom is -0.358 e.